The molecule has 2 rings (SSSR count). The Morgan fingerprint density at radius 3 is 2.75 bits per heavy atom. The maximum atomic E-state index is 12.8. The molecule has 0 fully saturated rings. The Hall–Kier alpha value is -2.21. The zero-order valence-corrected chi connectivity index (χ0v) is 11.4. The molecule has 0 bridgehead atoms. The Morgan fingerprint density at radius 1 is 1.45 bits per heavy atom. The van der Waals surface area contributed by atoms with Gasteiger partial charge in [0.05, 0.1) is 12.6 Å². The average Bonchev–Trinajstić information content (AvgIpc) is 2.93. The zero-order chi connectivity index (χ0) is 14.5. The van der Waals surface area contributed by atoms with Crippen molar-refractivity contribution in [3.63, 3.8) is 0 Å². The SMILES string of the molecule is C[C@@H](C(=O)Nc1ccc(F)cc1)N(C)Cc1ncc[nH]1. The van der Waals surface area contributed by atoms with E-state index in [1.54, 1.807) is 12.4 Å². The number of amides is 1. The number of nitrogens with one attached hydrogen (secondary N) is 2. The number of carbonyl (C=O) groups excluding carboxylic acids is 1. The van der Waals surface area contributed by atoms with Crippen molar-refractivity contribution in [2.45, 2.75) is 19.5 Å². The first-order chi connectivity index (χ1) is 9.56. The third-order valence-corrected chi connectivity index (χ3v) is 3.11. The van der Waals surface area contributed by atoms with E-state index in [1.165, 1.54) is 24.3 Å². The predicted octanol–water partition coefficient (Wildman–Crippen LogP) is 2.01. The van der Waals surface area contributed by atoms with Crippen LogP contribution in [0.1, 0.15) is 12.7 Å². The molecule has 0 aliphatic heterocycles. The summed E-state index contributed by atoms with van der Waals surface area (Å²) in [6.45, 7) is 2.35. The molecular weight excluding hydrogens is 259 g/mol. The van der Waals surface area contributed by atoms with E-state index in [9.17, 15) is 9.18 Å². The number of hydrogen-bond donors (Lipinski definition) is 2. The summed E-state index contributed by atoms with van der Waals surface area (Å²) in [5, 5.41) is 2.75. The van der Waals surface area contributed by atoms with Crippen LogP contribution in [0.2, 0.25) is 0 Å². The number of H-pyrrole nitrogens is 1. The molecule has 20 heavy (non-hydrogen) atoms. The van der Waals surface area contributed by atoms with Crippen molar-refractivity contribution in [3.05, 3.63) is 48.3 Å². The first-order valence-corrected chi connectivity index (χ1v) is 6.31. The van der Waals surface area contributed by atoms with Gasteiger partial charge in [-0.3, -0.25) is 9.69 Å². The summed E-state index contributed by atoms with van der Waals surface area (Å²) in [6, 6.07) is 5.36. The normalized spacial score (nSPS) is 12.4. The summed E-state index contributed by atoms with van der Waals surface area (Å²) in [5.41, 5.74) is 0.578. The second-order valence-electron chi connectivity index (χ2n) is 4.62. The summed E-state index contributed by atoms with van der Waals surface area (Å²) in [4.78, 5) is 21.1. The molecule has 0 unspecified atom stereocenters. The maximum absolute atomic E-state index is 12.8. The number of carbonyl (C=O) groups is 1. The van der Waals surface area contributed by atoms with E-state index in [1.807, 2.05) is 18.9 Å². The Labute approximate surface area is 116 Å². The monoisotopic (exact) mass is 276 g/mol. The van der Waals surface area contributed by atoms with E-state index in [2.05, 4.69) is 15.3 Å². The molecule has 5 nitrogen and oxygen atoms in total. The number of aromatic nitrogens is 2. The van der Waals surface area contributed by atoms with Crippen molar-refractivity contribution >= 4 is 11.6 Å². The van der Waals surface area contributed by atoms with E-state index >= 15 is 0 Å². The lowest BCUT2D eigenvalue weighted by atomic mass is 10.2. The summed E-state index contributed by atoms with van der Waals surface area (Å²) < 4.78 is 12.8. The fourth-order valence-electron chi connectivity index (χ4n) is 1.74. The van der Waals surface area contributed by atoms with Gasteiger partial charge in [-0.05, 0) is 38.2 Å². The lowest BCUT2D eigenvalue weighted by Gasteiger charge is -2.22. The number of rotatable bonds is 5. The second-order valence-corrected chi connectivity index (χ2v) is 4.62. The van der Waals surface area contributed by atoms with E-state index in [0.29, 0.717) is 12.2 Å². The van der Waals surface area contributed by atoms with E-state index in [4.69, 9.17) is 0 Å². The second kappa shape index (κ2) is 6.29. The van der Waals surface area contributed by atoms with Gasteiger partial charge in [0.25, 0.3) is 0 Å². The summed E-state index contributed by atoms with van der Waals surface area (Å²) in [6.07, 6.45) is 3.42. The number of halogens is 1. The Balaban J connectivity index is 1.92. The molecule has 0 aliphatic rings. The van der Waals surface area contributed by atoms with Gasteiger partial charge in [0.15, 0.2) is 0 Å². The molecule has 6 heteroatoms. The third-order valence-electron chi connectivity index (χ3n) is 3.11. The van der Waals surface area contributed by atoms with Crippen LogP contribution in [0.15, 0.2) is 36.7 Å². The van der Waals surface area contributed by atoms with Crippen LogP contribution in [0.25, 0.3) is 0 Å². The lowest BCUT2D eigenvalue weighted by Crippen LogP contribution is -2.39. The molecule has 0 saturated carbocycles. The van der Waals surface area contributed by atoms with Gasteiger partial charge in [-0.25, -0.2) is 9.37 Å². The van der Waals surface area contributed by atoms with E-state index < -0.39 is 0 Å². The minimum absolute atomic E-state index is 0.148. The van der Waals surface area contributed by atoms with Crippen LogP contribution in [0.4, 0.5) is 10.1 Å². The molecule has 2 aromatic rings. The van der Waals surface area contributed by atoms with Crippen molar-refractivity contribution in [3.8, 4) is 0 Å². The number of aromatic amines is 1. The molecule has 0 radical (unpaired) electrons. The maximum Gasteiger partial charge on any atom is 0.241 e. The van der Waals surface area contributed by atoms with Crippen molar-refractivity contribution in [2.75, 3.05) is 12.4 Å². The van der Waals surface area contributed by atoms with Gasteiger partial charge in [-0.15, -0.1) is 0 Å². The van der Waals surface area contributed by atoms with Crippen LogP contribution in [-0.2, 0) is 11.3 Å². The van der Waals surface area contributed by atoms with Gasteiger partial charge in [0.1, 0.15) is 11.6 Å². The van der Waals surface area contributed by atoms with E-state index in [-0.39, 0.29) is 17.8 Å². The smallest absolute Gasteiger partial charge is 0.241 e. The van der Waals surface area contributed by atoms with Gasteiger partial charge < -0.3 is 10.3 Å². The molecule has 1 amide bonds. The van der Waals surface area contributed by atoms with Crippen molar-refractivity contribution in [1.29, 1.82) is 0 Å². The standard InChI is InChI=1S/C14H17FN4O/c1-10(19(2)9-13-16-7-8-17-13)14(20)18-12-5-3-11(15)4-6-12/h3-8,10H,9H2,1-2H3,(H,16,17)(H,18,20)/t10-/m0/s1. The fourth-order valence-corrected chi connectivity index (χ4v) is 1.74. The number of likely N-dealkylation sites (N-methyl/N-ethyl adjacent to an activating group) is 1. The van der Waals surface area contributed by atoms with Crippen molar-refractivity contribution in [2.24, 2.45) is 0 Å². The number of hydrogen-bond acceptors (Lipinski definition) is 3. The minimum Gasteiger partial charge on any atom is -0.348 e. The highest BCUT2D eigenvalue weighted by atomic mass is 19.1. The first-order valence-electron chi connectivity index (χ1n) is 6.31. The molecular formula is C14H17FN4O. The number of imidazole rings is 1. The van der Waals surface area contributed by atoms with Crippen LogP contribution in [0.5, 0.6) is 0 Å². The number of anilines is 1. The summed E-state index contributed by atoms with van der Waals surface area (Å²) >= 11 is 0. The van der Waals surface area contributed by atoms with Crippen LogP contribution >= 0.6 is 0 Å². The fraction of sp³-hybridized carbons (Fsp3) is 0.286. The molecule has 1 atom stereocenters. The molecule has 1 aromatic carbocycles. The third kappa shape index (κ3) is 3.64. The molecule has 0 spiro atoms. The lowest BCUT2D eigenvalue weighted by molar-refractivity contribution is -0.120. The van der Waals surface area contributed by atoms with Gasteiger partial charge in [0, 0.05) is 18.1 Å². The zero-order valence-electron chi connectivity index (χ0n) is 11.4. The topological polar surface area (TPSA) is 61.0 Å². The van der Waals surface area contributed by atoms with Crippen LogP contribution in [-0.4, -0.2) is 33.9 Å². The van der Waals surface area contributed by atoms with Crippen LogP contribution < -0.4 is 5.32 Å². The Bertz CT molecular complexity index is 553. The van der Waals surface area contributed by atoms with Crippen molar-refractivity contribution in [1.82, 2.24) is 14.9 Å². The molecule has 0 saturated heterocycles. The molecule has 2 N–H and O–H groups in total. The average molecular weight is 276 g/mol. The Morgan fingerprint density at radius 2 is 2.15 bits per heavy atom. The molecule has 0 aliphatic carbocycles. The summed E-state index contributed by atoms with van der Waals surface area (Å²) in [5.74, 6) is 0.325. The van der Waals surface area contributed by atoms with Crippen LogP contribution in [0, 0.1) is 5.82 Å². The van der Waals surface area contributed by atoms with Crippen molar-refractivity contribution < 1.29 is 9.18 Å². The van der Waals surface area contributed by atoms with Gasteiger partial charge in [0.2, 0.25) is 5.91 Å². The van der Waals surface area contributed by atoms with E-state index in [0.717, 1.165) is 5.82 Å². The predicted molar refractivity (Wildman–Crippen MR) is 74.5 cm³/mol. The highest BCUT2D eigenvalue weighted by Gasteiger charge is 2.18. The van der Waals surface area contributed by atoms with Gasteiger partial charge >= 0.3 is 0 Å². The summed E-state index contributed by atoms with van der Waals surface area (Å²) in [7, 11) is 1.84. The highest BCUT2D eigenvalue weighted by molar-refractivity contribution is 5.94. The van der Waals surface area contributed by atoms with Crippen LogP contribution in [0.3, 0.4) is 0 Å². The molecule has 1 aromatic heterocycles. The highest BCUT2D eigenvalue weighted by Crippen LogP contribution is 2.10. The molecule has 1 heterocycles. The number of nitrogens with zero attached hydrogens (tertiary/aromatic N) is 2. The number of benzene rings is 1. The Kier molecular flexibility index (Phi) is 4.47. The quantitative estimate of drug-likeness (QED) is 0.878. The van der Waals surface area contributed by atoms with Gasteiger partial charge in [-0.1, -0.05) is 0 Å². The minimum atomic E-state index is -0.329. The first kappa shape index (κ1) is 14.2. The molecule has 106 valence electrons. The largest absolute Gasteiger partial charge is 0.348 e. The van der Waals surface area contributed by atoms with Gasteiger partial charge in [-0.2, -0.15) is 0 Å².